The van der Waals surface area contributed by atoms with Crippen LogP contribution in [0.25, 0.3) is 0 Å². The molecule has 2 heterocycles. The monoisotopic (exact) mass is 276 g/mol. The summed E-state index contributed by atoms with van der Waals surface area (Å²) in [6.45, 7) is 2.14. The summed E-state index contributed by atoms with van der Waals surface area (Å²) in [5.41, 5.74) is 1.31. The molecule has 1 fully saturated rings. The Morgan fingerprint density at radius 2 is 2.20 bits per heavy atom. The van der Waals surface area contributed by atoms with E-state index in [2.05, 4.69) is 10.1 Å². The molecule has 0 saturated carbocycles. The van der Waals surface area contributed by atoms with Crippen LogP contribution in [0, 0.1) is 5.92 Å². The van der Waals surface area contributed by atoms with E-state index in [0.29, 0.717) is 13.1 Å². The van der Waals surface area contributed by atoms with Gasteiger partial charge in [-0.25, -0.2) is 4.79 Å². The lowest BCUT2D eigenvalue weighted by Gasteiger charge is -2.16. The second-order valence-corrected chi connectivity index (χ2v) is 5.07. The number of carbonyl (C=O) groups is 1. The lowest BCUT2D eigenvalue weighted by molar-refractivity contribution is -0.129. The molecule has 1 saturated heterocycles. The number of methoxy groups -OCH3 is 1. The fraction of sp³-hybridized carbons (Fsp3) is 0.429. The SMILES string of the molecule is COc1ccc(CN2CC3ON=C(C(=O)O)C3C2)cc1. The molecule has 0 aliphatic carbocycles. The van der Waals surface area contributed by atoms with Crippen molar-refractivity contribution in [3.8, 4) is 5.75 Å². The van der Waals surface area contributed by atoms with E-state index in [9.17, 15) is 4.79 Å². The fourth-order valence-corrected chi connectivity index (χ4v) is 2.73. The highest BCUT2D eigenvalue weighted by molar-refractivity contribution is 6.36. The van der Waals surface area contributed by atoms with Crippen molar-refractivity contribution in [3.05, 3.63) is 29.8 Å². The van der Waals surface area contributed by atoms with E-state index in [0.717, 1.165) is 12.3 Å². The highest BCUT2D eigenvalue weighted by Gasteiger charge is 2.44. The Kier molecular flexibility index (Phi) is 3.31. The van der Waals surface area contributed by atoms with E-state index >= 15 is 0 Å². The summed E-state index contributed by atoms with van der Waals surface area (Å²) in [4.78, 5) is 18.4. The van der Waals surface area contributed by atoms with Gasteiger partial charge in [0.15, 0.2) is 5.71 Å². The third-order valence-corrected chi connectivity index (χ3v) is 3.76. The van der Waals surface area contributed by atoms with Gasteiger partial charge in [-0.05, 0) is 17.7 Å². The van der Waals surface area contributed by atoms with Gasteiger partial charge in [0.2, 0.25) is 0 Å². The van der Waals surface area contributed by atoms with E-state index in [1.54, 1.807) is 7.11 Å². The highest BCUT2D eigenvalue weighted by Crippen LogP contribution is 2.28. The zero-order chi connectivity index (χ0) is 14.1. The van der Waals surface area contributed by atoms with E-state index in [1.165, 1.54) is 5.56 Å². The minimum atomic E-state index is -0.983. The normalized spacial score (nSPS) is 24.9. The summed E-state index contributed by atoms with van der Waals surface area (Å²) < 4.78 is 5.13. The molecule has 2 unspecified atom stereocenters. The number of benzene rings is 1. The smallest absolute Gasteiger partial charge is 0.354 e. The van der Waals surface area contributed by atoms with Gasteiger partial charge in [0, 0.05) is 19.6 Å². The molecular weight excluding hydrogens is 260 g/mol. The number of aliphatic carboxylic acids is 1. The first kappa shape index (κ1) is 12.9. The number of likely N-dealkylation sites (tertiary alicyclic amines) is 1. The maximum absolute atomic E-state index is 11.0. The Hall–Kier alpha value is -2.08. The van der Waals surface area contributed by atoms with Crippen molar-refractivity contribution >= 4 is 11.7 Å². The Balaban J connectivity index is 1.63. The number of ether oxygens (including phenoxy) is 1. The molecule has 106 valence electrons. The Morgan fingerprint density at radius 3 is 2.85 bits per heavy atom. The zero-order valence-corrected chi connectivity index (χ0v) is 11.2. The standard InChI is InChI=1S/C14H16N2O4/c1-19-10-4-2-9(3-5-10)6-16-7-11-12(8-16)20-15-13(11)14(17)18/h2-5,11-12H,6-8H2,1H3,(H,17,18). The molecule has 6 nitrogen and oxygen atoms in total. The summed E-state index contributed by atoms with van der Waals surface area (Å²) in [6.07, 6.45) is -0.126. The first-order valence-electron chi connectivity index (χ1n) is 6.49. The van der Waals surface area contributed by atoms with Gasteiger partial charge < -0.3 is 14.7 Å². The van der Waals surface area contributed by atoms with Crippen molar-refractivity contribution in [2.45, 2.75) is 12.6 Å². The summed E-state index contributed by atoms with van der Waals surface area (Å²) in [5.74, 6) is -0.273. The minimum Gasteiger partial charge on any atom is -0.497 e. The lowest BCUT2D eigenvalue weighted by atomic mass is 10.0. The van der Waals surface area contributed by atoms with Crippen molar-refractivity contribution in [3.63, 3.8) is 0 Å². The number of rotatable bonds is 4. The van der Waals surface area contributed by atoms with Crippen LogP contribution in [0.2, 0.25) is 0 Å². The fourth-order valence-electron chi connectivity index (χ4n) is 2.73. The Morgan fingerprint density at radius 1 is 1.45 bits per heavy atom. The van der Waals surface area contributed by atoms with Crippen LogP contribution in [-0.2, 0) is 16.2 Å². The molecule has 6 heteroatoms. The number of carboxylic acid groups (broad SMARTS) is 1. The third kappa shape index (κ3) is 2.34. The molecule has 0 bridgehead atoms. The number of carboxylic acids is 1. The average Bonchev–Trinajstić information content (AvgIpc) is 2.98. The van der Waals surface area contributed by atoms with Crippen LogP contribution in [0.5, 0.6) is 5.75 Å². The van der Waals surface area contributed by atoms with Crippen LogP contribution in [-0.4, -0.2) is 48.0 Å². The van der Waals surface area contributed by atoms with Crippen molar-refractivity contribution in [1.82, 2.24) is 4.90 Å². The predicted octanol–water partition coefficient (Wildman–Crippen LogP) is 0.966. The van der Waals surface area contributed by atoms with Crippen LogP contribution in [0.4, 0.5) is 0 Å². The summed E-state index contributed by atoms with van der Waals surface area (Å²) in [7, 11) is 1.64. The second kappa shape index (κ2) is 5.13. The van der Waals surface area contributed by atoms with Crippen LogP contribution in [0.3, 0.4) is 0 Å². The third-order valence-electron chi connectivity index (χ3n) is 3.76. The molecule has 2 aliphatic heterocycles. The molecule has 0 aromatic heterocycles. The highest BCUT2D eigenvalue weighted by atomic mass is 16.6. The molecule has 1 aromatic rings. The van der Waals surface area contributed by atoms with Gasteiger partial charge in [0.25, 0.3) is 0 Å². The largest absolute Gasteiger partial charge is 0.497 e. The number of hydrogen-bond acceptors (Lipinski definition) is 5. The second-order valence-electron chi connectivity index (χ2n) is 5.07. The lowest BCUT2D eigenvalue weighted by Crippen LogP contribution is -2.27. The molecular formula is C14H16N2O4. The molecule has 1 N–H and O–H groups in total. The van der Waals surface area contributed by atoms with E-state index < -0.39 is 5.97 Å². The summed E-state index contributed by atoms with van der Waals surface area (Å²) in [6, 6.07) is 7.87. The molecule has 20 heavy (non-hydrogen) atoms. The Labute approximate surface area is 116 Å². The molecule has 2 atom stereocenters. The minimum absolute atomic E-state index is 0.120. The number of fused-ring (bicyclic) bond motifs is 1. The summed E-state index contributed by atoms with van der Waals surface area (Å²) in [5, 5.41) is 12.7. The first-order chi connectivity index (χ1) is 9.67. The first-order valence-corrected chi connectivity index (χ1v) is 6.49. The van der Waals surface area contributed by atoms with Crippen LogP contribution in [0.1, 0.15) is 5.56 Å². The van der Waals surface area contributed by atoms with Crippen molar-refractivity contribution in [2.24, 2.45) is 11.1 Å². The molecule has 1 aromatic carbocycles. The summed E-state index contributed by atoms with van der Waals surface area (Å²) >= 11 is 0. The quantitative estimate of drug-likeness (QED) is 0.887. The number of hydrogen-bond donors (Lipinski definition) is 1. The van der Waals surface area contributed by atoms with E-state index in [4.69, 9.17) is 14.7 Å². The van der Waals surface area contributed by atoms with Gasteiger partial charge in [0.05, 0.1) is 13.0 Å². The zero-order valence-electron chi connectivity index (χ0n) is 11.2. The van der Waals surface area contributed by atoms with Gasteiger partial charge in [-0.2, -0.15) is 0 Å². The average molecular weight is 276 g/mol. The van der Waals surface area contributed by atoms with Crippen LogP contribution >= 0.6 is 0 Å². The van der Waals surface area contributed by atoms with Crippen LogP contribution < -0.4 is 4.74 Å². The molecule has 0 amide bonds. The number of oxime groups is 1. The van der Waals surface area contributed by atoms with Crippen LogP contribution in [0.15, 0.2) is 29.4 Å². The Bertz CT molecular complexity index is 541. The molecule has 2 aliphatic rings. The van der Waals surface area contributed by atoms with E-state index in [-0.39, 0.29) is 17.7 Å². The van der Waals surface area contributed by atoms with E-state index in [1.807, 2.05) is 24.3 Å². The number of nitrogens with zero attached hydrogens (tertiary/aromatic N) is 2. The van der Waals surface area contributed by atoms with Gasteiger partial charge in [-0.15, -0.1) is 0 Å². The van der Waals surface area contributed by atoms with Gasteiger partial charge in [0.1, 0.15) is 11.9 Å². The van der Waals surface area contributed by atoms with Crippen molar-refractivity contribution < 1.29 is 19.5 Å². The van der Waals surface area contributed by atoms with Gasteiger partial charge in [-0.1, -0.05) is 17.3 Å². The topological polar surface area (TPSA) is 71.4 Å². The molecule has 0 spiro atoms. The maximum Gasteiger partial charge on any atom is 0.354 e. The maximum atomic E-state index is 11.0. The van der Waals surface area contributed by atoms with Gasteiger partial charge >= 0.3 is 5.97 Å². The van der Waals surface area contributed by atoms with Crippen molar-refractivity contribution in [2.75, 3.05) is 20.2 Å². The van der Waals surface area contributed by atoms with Crippen molar-refractivity contribution in [1.29, 1.82) is 0 Å². The van der Waals surface area contributed by atoms with Gasteiger partial charge in [-0.3, -0.25) is 4.90 Å². The molecule has 3 rings (SSSR count). The molecule has 0 radical (unpaired) electrons. The predicted molar refractivity (Wildman–Crippen MR) is 71.7 cm³/mol.